The van der Waals surface area contributed by atoms with Crippen LogP contribution >= 0.6 is 0 Å². The molecule has 1 saturated heterocycles. The SMILES string of the molecule is CC1(C)OB(c2cc(N3C(N)=NC(N)=NC34CCCCC4)ccc2F)OC1(C)C. The van der Waals surface area contributed by atoms with Crippen LogP contribution in [0.25, 0.3) is 0 Å². The van der Waals surface area contributed by atoms with E-state index in [4.69, 9.17) is 20.8 Å². The first-order valence-corrected chi connectivity index (χ1v) is 10.2. The normalized spacial score (nSPS) is 25.1. The third-order valence-electron chi connectivity index (χ3n) is 6.60. The van der Waals surface area contributed by atoms with E-state index in [2.05, 4.69) is 9.98 Å². The molecule has 1 aliphatic carbocycles. The van der Waals surface area contributed by atoms with Gasteiger partial charge in [0.15, 0.2) is 0 Å². The monoisotopic (exact) mass is 401 g/mol. The van der Waals surface area contributed by atoms with E-state index in [-0.39, 0.29) is 17.7 Å². The Morgan fingerprint density at radius 3 is 2.28 bits per heavy atom. The van der Waals surface area contributed by atoms with Crippen molar-refractivity contribution < 1.29 is 13.7 Å². The Morgan fingerprint density at radius 2 is 1.66 bits per heavy atom. The Bertz CT molecular complexity index is 864. The maximum Gasteiger partial charge on any atom is 0.497 e. The van der Waals surface area contributed by atoms with Crippen molar-refractivity contribution in [2.75, 3.05) is 4.90 Å². The molecule has 156 valence electrons. The summed E-state index contributed by atoms with van der Waals surface area (Å²) in [6.45, 7) is 7.77. The van der Waals surface area contributed by atoms with Gasteiger partial charge in [0.05, 0.1) is 11.2 Å². The number of anilines is 1. The van der Waals surface area contributed by atoms with Crippen LogP contribution in [0.4, 0.5) is 10.1 Å². The third kappa shape index (κ3) is 3.30. The zero-order chi connectivity index (χ0) is 21.0. The highest BCUT2D eigenvalue weighted by Crippen LogP contribution is 2.40. The van der Waals surface area contributed by atoms with Crippen LogP contribution in [-0.2, 0) is 9.31 Å². The number of rotatable bonds is 2. The van der Waals surface area contributed by atoms with Crippen molar-refractivity contribution in [3.63, 3.8) is 0 Å². The number of hydrogen-bond acceptors (Lipinski definition) is 7. The van der Waals surface area contributed by atoms with Crippen LogP contribution in [0.1, 0.15) is 59.8 Å². The highest BCUT2D eigenvalue weighted by Gasteiger charge is 2.53. The second-order valence-corrected chi connectivity index (χ2v) is 9.11. The summed E-state index contributed by atoms with van der Waals surface area (Å²) in [6, 6.07) is 4.84. The Kier molecular flexibility index (Phi) is 4.66. The van der Waals surface area contributed by atoms with Gasteiger partial charge in [-0.1, -0.05) is 6.42 Å². The van der Waals surface area contributed by atoms with Crippen molar-refractivity contribution in [1.82, 2.24) is 0 Å². The number of nitrogens with zero attached hydrogens (tertiary/aromatic N) is 3. The molecule has 3 aliphatic rings. The summed E-state index contributed by atoms with van der Waals surface area (Å²) in [4.78, 5) is 10.7. The lowest BCUT2D eigenvalue weighted by atomic mass is 9.78. The Hall–Kier alpha value is -2.13. The molecule has 2 aliphatic heterocycles. The summed E-state index contributed by atoms with van der Waals surface area (Å²) >= 11 is 0. The second-order valence-electron chi connectivity index (χ2n) is 9.11. The Morgan fingerprint density at radius 1 is 1.03 bits per heavy atom. The minimum Gasteiger partial charge on any atom is -0.399 e. The predicted octanol–water partition coefficient (Wildman–Crippen LogP) is 2.23. The van der Waals surface area contributed by atoms with Crippen LogP contribution in [0.2, 0.25) is 0 Å². The number of aliphatic imine (C=N–C) groups is 2. The number of halogens is 1. The molecule has 29 heavy (non-hydrogen) atoms. The van der Waals surface area contributed by atoms with Crippen molar-refractivity contribution in [3.8, 4) is 0 Å². The van der Waals surface area contributed by atoms with Gasteiger partial charge in [-0.05, 0) is 71.6 Å². The second kappa shape index (κ2) is 6.70. The van der Waals surface area contributed by atoms with E-state index >= 15 is 0 Å². The first kappa shape index (κ1) is 20.2. The van der Waals surface area contributed by atoms with E-state index in [1.54, 1.807) is 12.1 Å². The van der Waals surface area contributed by atoms with Gasteiger partial charge in [-0.2, -0.15) is 4.99 Å². The van der Waals surface area contributed by atoms with Gasteiger partial charge in [0, 0.05) is 11.2 Å². The molecule has 0 aromatic heterocycles. The molecular weight excluding hydrogens is 372 g/mol. The third-order valence-corrected chi connectivity index (χ3v) is 6.60. The number of hydrogen-bond donors (Lipinski definition) is 2. The zero-order valence-corrected chi connectivity index (χ0v) is 17.5. The molecule has 0 unspecified atom stereocenters. The van der Waals surface area contributed by atoms with E-state index in [0.717, 1.165) is 32.1 Å². The standard InChI is InChI=1S/C20H29BFN5O2/c1-18(2)19(3,4)29-21(28-18)14-12-13(8-9-15(14)22)27-17(24)25-16(23)26-20(27)10-6-5-7-11-20/h8-9,12H,5-7,10-11H2,1-4H3,(H4,23,24,25,26). The molecule has 0 atom stereocenters. The number of nitrogens with two attached hydrogens (primary N) is 2. The summed E-state index contributed by atoms with van der Waals surface area (Å²) in [7, 11) is -0.807. The molecule has 0 radical (unpaired) electrons. The largest absolute Gasteiger partial charge is 0.497 e. The molecule has 2 fully saturated rings. The summed E-state index contributed by atoms with van der Waals surface area (Å²) in [6.07, 6.45) is 4.81. The van der Waals surface area contributed by atoms with Gasteiger partial charge in [0.25, 0.3) is 0 Å². The number of benzene rings is 1. The molecule has 4 rings (SSSR count). The molecule has 7 nitrogen and oxygen atoms in total. The smallest absolute Gasteiger partial charge is 0.399 e. The average molecular weight is 401 g/mol. The predicted molar refractivity (Wildman–Crippen MR) is 114 cm³/mol. The minimum atomic E-state index is -0.807. The average Bonchev–Trinajstić information content (AvgIpc) is 2.83. The lowest BCUT2D eigenvalue weighted by molar-refractivity contribution is 0.00578. The molecule has 2 heterocycles. The summed E-state index contributed by atoms with van der Waals surface area (Å²) in [5, 5.41) is 0. The topological polar surface area (TPSA) is 98.5 Å². The van der Waals surface area contributed by atoms with Gasteiger partial charge in [-0.25, -0.2) is 9.38 Å². The number of guanidine groups is 2. The fourth-order valence-electron chi connectivity index (χ4n) is 4.32. The molecule has 9 heteroatoms. The van der Waals surface area contributed by atoms with Crippen molar-refractivity contribution in [2.24, 2.45) is 21.5 Å². The fraction of sp³-hybridized carbons (Fsp3) is 0.600. The van der Waals surface area contributed by atoms with Crippen LogP contribution < -0.4 is 21.8 Å². The highest BCUT2D eigenvalue weighted by molar-refractivity contribution is 6.62. The van der Waals surface area contributed by atoms with Gasteiger partial charge >= 0.3 is 7.12 Å². The highest BCUT2D eigenvalue weighted by atomic mass is 19.1. The van der Waals surface area contributed by atoms with E-state index in [1.165, 1.54) is 6.07 Å². The molecule has 0 amide bonds. The van der Waals surface area contributed by atoms with Crippen molar-refractivity contribution in [2.45, 2.75) is 76.7 Å². The van der Waals surface area contributed by atoms with Crippen LogP contribution in [0, 0.1) is 5.82 Å². The molecule has 1 spiro atoms. The molecule has 1 aromatic carbocycles. The van der Waals surface area contributed by atoms with E-state index in [0.29, 0.717) is 11.2 Å². The summed E-state index contributed by atoms with van der Waals surface area (Å²) in [5.41, 5.74) is 11.6. The quantitative estimate of drug-likeness (QED) is 0.741. The van der Waals surface area contributed by atoms with Gasteiger partial charge < -0.3 is 20.8 Å². The molecule has 0 bridgehead atoms. The fourth-order valence-corrected chi connectivity index (χ4v) is 4.32. The minimum absolute atomic E-state index is 0.189. The maximum atomic E-state index is 14.8. The van der Waals surface area contributed by atoms with Crippen molar-refractivity contribution in [1.29, 1.82) is 0 Å². The summed E-state index contributed by atoms with van der Waals surface area (Å²) in [5.74, 6) is 0.0697. The van der Waals surface area contributed by atoms with E-state index in [9.17, 15) is 4.39 Å². The van der Waals surface area contributed by atoms with Gasteiger partial charge in [-0.3, -0.25) is 4.90 Å². The van der Waals surface area contributed by atoms with Gasteiger partial charge in [0.1, 0.15) is 11.5 Å². The first-order valence-electron chi connectivity index (χ1n) is 10.2. The Balaban J connectivity index is 1.74. The van der Waals surface area contributed by atoms with Crippen LogP contribution in [0.15, 0.2) is 28.2 Å². The Labute approximate surface area is 171 Å². The van der Waals surface area contributed by atoms with E-state index < -0.39 is 24.0 Å². The first-order chi connectivity index (χ1) is 13.5. The van der Waals surface area contributed by atoms with Crippen molar-refractivity contribution >= 4 is 30.2 Å². The zero-order valence-electron chi connectivity index (χ0n) is 17.5. The van der Waals surface area contributed by atoms with Gasteiger partial charge in [-0.15, -0.1) is 0 Å². The maximum absolute atomic E-state index is 14.8. The van der Waals surface area contributed by atoms with Gasteiger partial charge in [0.2, 0.25) is 11.9 Å². The lowest BCUT2D eigenvalue weighted by Gasteiger charge is -2.45. The molecule has 1 aromatic rings. The van der Waals surface area contributed by atoms with E-state index in [1.807, 2.05) is 32.6 Å². The summed E-state index contributed by atoms with van der Waals surface area (Å²) < 4.78 is 26.9. The van der Waals surface area contributed by atoms with Crippen LogP contribution in [0.3, 0.4) is 0 Å². The molecule has 1 saturated carbocycles. The lowest BCUT2D eigenvalue weighted by Crippen LogP contribution is -2.58. The van der Waals surface area contributed by atoms with Crippen molar-refractivity contribution in [3.05, 3.63) is 24.0 Å². The van der Waals surface area contributed by atoms with Crippen LogP contribution in [0.5, 0.6) is 0 Å². The van der Waals surface area contributed by atoms with Crippen LogP contribution in [-0.4, -0.2) is 35.9 Å². The molecule has 4 N–H and O–H groups in total. The molecular formula is C20H29BFN5O2.